The highest BCUT2D eigenvalue weighted by atomic mass is 32.2. The lowest BCUT2D eigenvalue weighted by atomic mass is 10.0. The number of carbonyl (C=O) groups excluding carboxylic acids is 3. The fourth-order valence-electron chi connectivity index (χ4n) is 4.36. The molecule has 0 aliphatic heterocycles. The molecule has 10 heteroatoms. The zero-order valence-corrected chi connectivity index (χ0v) is 24.4. The summed E-state index contributed by atoms with van der Waals surface area (Å²) in [5.74, 6) is -1.93. The van der Waals surface area contributed by atoms with Crippen LogP contribution in [-0.2, 0) is 32.6 Å². The van der Waals surface area contributed by atoms with E-state index in [1.807, 2.05) is 37.3 Å². The van der Waals surface area contributed by atoms with Crippen molar-refractivity contribution in [2.24, 2.45) is 0 Å². The number of nitrogens with zero attached hydrogens (tertiary/aromatic N) is 2. The van der Waals surface area contributed by atoms with Gasteiger partial charge in [-0.15, -0.1) is 0 Å². The SMILES string of the molecule is CCCCNC(=O)[C@@H](Cc1ccccc1)N(Cc1ccccc1F)C(=O)CN(c1cccc(C(C)=O)c1)S(C)(=O)=O. The summed E-state index contributed by atoms with van der Waals surface area (Å²) < 4.78 is 41.5. The van der Waals surface area contributed by atoms with Crippen LogP contribution < -0.4 is 9.62 Å². The molecule has 218 valence electrons. The van der Waals surface area contributed by atoms with E-state index in [0.717, 1.165) is 29.0 Å². The van der Waals surface area contributed by atoms with Crippen LogP contribution in [0.5, 0.6) is 0 Å². The van der Waals surface area contributed by atoms with Crippen LogP contribution in [0.3, 0.4) is 0 Å². The fraction of sp³-hybridized carbons (Fsp3) is 0.323. The van der Waals surface area contributed by atoms with E-state index >= 15 is 0 Å². The Morgan fingerprint density at radius 3 is 2.27 bits per heavy atom. The van der Waals surface area contributed by atoms with E-state index < -0.39 is 40.2 Å². The number of hydrogen-bond acceptors (Lipinski definition) is 5. The number of unbranched alkanes of at least 4 members (excludes halogenated alkanes) is 1. The van der Waals surface area contributed by atoms with Crippen LogP contribution in [0.1, 0.15) is 48.2 Å². The molecular formula is C31H36FN3O5S. The van der Waals surface area contributed by atoms with Crippen molar-refractivity contribution in [3.8, 4) is 0 Å². The average Bonchev–Trinajstić information content (AvgIpc) is 2.94. The molecule has 0 heterocycles. The molecule has 0 aliphatic carbocycles. The van der Waals surface area contributed by atoms with Gasteiger partial charge in [0.2, 0.25) is 21.8 Å². The van der Waals surface area contributed by atoms with Crippen molar-refractivity contribution in [3.05, 3.63) is 101 Å². The Bertz CT molecular complexity index is 1460. The molecular weight excluding hydrogens is 545 g/mol. The molecule has 3 aromatic carbocycles. The van der Waals surface area contributed by atoms with Crippen LogP contribution in [0.15, 0.2) is 78.9 Å². The Morgan fingerprint density at radius 1 is 0.951 bits per heavy atom. The molecule has 0 saturated heterocycles. The Balaban J connectivity index is 2.06. The summed E-state index contributed by atoms with van der Waals surface area (Å²) in [6.45, 7) is 2.84. The zero-order chi connectivity index (χ0) is 30.0. The molecule has 0 spiro atoms. The van der Waals surface area contributed by atoms with Crippen LogP contribution in [0.25, 0.3) is 0 Å². The first-order chi connectivity index (χ1) is 19.5. The molecule has 1 atom stereocenters. The van der Waals surface area contributed by atoms with Crippen molar-refractivity contribution in [3.63, 3.8) is 0 Å². The van der Waals surface area contributed by atoms with E-state index in [1.54, 1.807) is 12.1 Å². The lowest BCUT2D eigenvalue weighted by molar-refractivity contribution is -0.140. The van der Waals surface area contributed by atoms with Gasteiger partial charge in [0.1, 0.15) is 18.4 Å². The van der Waals surface area contributed by atoms with Crippen molar-refractivity contribution in [2.75, 3.05) is 23.7 Å². The normalized spacial score (nSPS) is 11.9. The monoisotopic (exact) mass is 581 g/mol. The number of benzene rings is 3. The third-order valence-corrected chi connectivity index (χ3v) is 7.76. The average molecular weight is 582 g/mol. The first-order valence-corrected chi connectivity index (χ1v) is 15.3. The topological polar surface area (TPSA) is 104 Å². The standard InChI is InChI=1S/C31H36FN3O5S/c1-4-5-18-33-31(38)29(19-24-12-7-6-8-13-24)34(21-26-14-9-10-17-28(26)32)30(37)22-35(41(3,39)40)27-16-11-15-25(20-27)23(2)36/h6-17,20,29H,4-5,18-19,21-22H2,1-3H3,(H,33,38)/t29-/m1/s1. The summed E-state index contributed by atoms with van der Waals surface area (Å²) in [7, 11) is -3.99. The molecule has 0 saturated carbocycles. The maximum absolute atomic E-state index is 14.8. The van der Waals surface area contributed by atoms with Gasteiger partial charge in [0.05, 0.1) is 11.9 Å². The Labute approximate surface area is 241 Å². The summed E-state index contributed by atoms with van der Waals surface area (Å²) >= 11 is 0. The molecule has 0 aromatic heterocycles. The van der Waals surface area contributed by atoms with Crippen molar-refractivity contribution < 1.29 is 27.2 Å². The van der Waals surface area contributed by atoms with E-state index in [-0.39, 0.29) is 35.6 Å². The number of sulfonamides is 1. The van der Waals surface area contributed by atoms with Gasteiger partial charge in [-0.25, -0.2) is 12.8 Å². The number of nitrogens with one attached hydrogen (secondary N) is 1. The third kappa shape index (κ3) is 8.97. The van der Waals surface area contributed by atoms with Crippen LogP contribution in [0.2, 0.25) is 0 Å². The van der Waals surface area contributed by atoms with Crippen molar-refractivity contribution in [1.29, 1.82) is 0 Å². The predicted octanol–water partition coefficient (Wildman–Crippen LogP) is 4.35. The first kappa shape index (κ1) is 31.5. The minimum atomic E-state index is -3.99. The van der Waals surface area contributed by atoms with Crippen molar-refractivity contribution >= 4 is 33.3 Å². The van der Waals surface area contributed by atoms with Crippen LogP contribution >= 0.6 is 0 Å². The molecule has 1 N–H and O–H groups in total. The van der Waals surface area contributed by atoms with E-state index in [0.29, 0.717) is 6.54 Å². The van der Waals surface area contributed by atoms with E-state index in [9.17, 15) is 27.2 Å². The van der Waals surface area contributed by atoms with Crippen LogP contribution in [-0.4, -0.2) is 56.3 Å². The molecule has 8 nitrogen and oxygen atoms in total. The van der Waals surface area contributed by atoms with Gasteiger partial charge in [0, 0.05) is 30.6 Å². The molecule has 0 bridgehead atoms. The largest absolute Gasteiger partial charge is 0.354 e. The summed E-state index contributed by atoms with van der Waals surface area (Å²) in [4.78, 5) is 40.8. The third-order valence-electron chi connectivity index (χ3n) is 6.62. The second-order valence-electron chi connectivity index (χ2n) is 9.84. The summed E-state index contributed by atoms with van der Waals surface area (Å²) in [5, 5.41) is 2.88. The summed E-state index contributed by atoms with van der Waals surface area (Å²) in [6.07, 6.45) is 2.68. The molecule has 3 aromatic rings. The first-order valence-electron chi connectivity index (χ1n) is 13.4. The quantitative estimate of drug-likeness (QED) is 0.225. The van der Waals surface area contributed by atoms with Gasteiger partial charge in [0.25, 0.3) is 0 Å². The Morgan fingerprint density at radius 2 is 1.63 bits per heavy atom. The van der Waals surface area contributed by atoms with Crippen molar-refractivity contribution in [2.45, 2.75) is 45.7 Å². The lowest BCUT2D eigenvalue weighted by Crippen LogP contribution is -2.53. The summed E-state index contributed by atoms with van der Waals surface area (Å²) in [5.41, 5.74) is 1.38. The highest BCUT2D eigenvalue weighted by Crippen LogP contribution is 2.22. The van der Waals surface area contributed by atoms with Crippen LogP contribution in [0.4, 0.5) is 10.1 Å². The zero-order valence-electron chi connectivity index (χ0n) is 23.5. The van der Waals surface area contributed by atoms with Gasteiger partial charge in [-0.1, -0.05) is 74.0 Å². The molecule has 0 radical (unpaired) electrons. The van der Waals surface area contributed by atoms with Gasteiger partial charge < -0.3 is 10.2 Å². The van der Waals surface area contributed by atoms with Crippen molar-refractivity contribution in [1.82, 2.24) is 10.2 Å². The molecule has 0 fully saturated rings. The number of anilines is 1. The maximum Gasteiger partial charge on any atom is 0.244 e. The minimum Gasteiger partial charge on any atom is -0.354 e. The fourth-order valence-corrected chi connectivity index (χ4v) is 5.21. The van der Waals surface area contributed by atoms with Gasteiger partial charge >= 0.3 is 0 Å². The van der Waals surface area contributed by atoms with E-state index in [4.69, 9.17) is 0 Å². The maximum atomic E-state index is 14.8. The minimum absolute atomic E-state index is 0.131. The molecule has 2 amide bonds. The molecule has 0 aliphatic rings. The van der Waals surface area contributed by atoms with Gasteiger partial charge in [-0.2, -0.15) is 0 Å². The van der Waals surface area contributed by atoms with Gasteiger partial charge in [-0.3, -0.25) is 18.7 Å². The number of rotatable bonds is 14. The Kier molecular flexibility index (Phi) is 11.2. The highest BCUT2D eigenvalue weighted by molar-refractivity contribution is 7.92. The molecule has 0 unspecified atom stereocenters. The smallest absolute Gasteiger partial charge is 0.244 e. The summed E-state index contributed by atoms with van der Waals surface area (Å²) in [6, 6.07) is 20.0. The van der Waals surface area contributed by atoms with Crippen LogP contribution in [0, 0.1) is 5.82 Å². The lowest BCUT2D eigenvalue weighted by Gasteiger charge is -2.33. The number of ketones is 1. The predicted molar refractivity (Wildman–Crippen MR) is 157 cm³/mol. The number of hydrogen-bond donors (Lipinski definition) is 1. The van der Waals surface area contributed by atoms with Gasteiger partial charge in [-0.05, 0) is 37.1 Å². The number of amides is 2. The van der Waals surface area contributed by atoms with Gasteiger partial charge in [0.15, 0.2) is 5.78 Å². The number of halogens is 1. The Hall–Kier alpha value is -4.05. The molecule has 3 rings (SSSR count). The number of carbonyl (C=O) groups is 3. The highest BCUT2D eigenvalue weighted by Gasteiger charge is 2.33. The molecule has 41 heavy (non-hydrogen) atoms. The second kappa shape index (κ2) is 14.5. The number of Topliss-reactive ketones (excluding diaryl/α,β-unsaturated/α-hetero) is 1. The second-order valence-corrected chi connectivity index (χ2v) is 11.7. The van der Waals surface area contributed by atoms with E-state index in [2.05, 4.69) is 5.32 Å². The van der Waals surface area contributed by atoms with E-state index in [1.165, 1.54) is 48.2 Å².